The standard InChI is InChI=1S/C26H27FN4O/c1-5-31-24-15-22(27)19(14-21(24)18(2)16-26(31,3)4)17-28-29-25(32)20-10-6-7-11-23(20)30-12-8-9-13-30/h6-17H,5H2,1-4H3,(H,29,32)/b28-17-. The maximum Gasteiger partial charge on any atom is 0.273 e. The molecule has 0 atom stereocenters. The maximum atomic E-state index is 14.9. The molecule has 3 aromatic rings. The van der Waals surface area contributed by atoms with E-state index in [1.54, 1.807) is 24.3 Å². The lowest BCUT2D eigenvalue weighted by atomic mass is 9.88. The van der Waals surface area contributed by atoms with Gasteiger partial charge >= 0.3 is 0 Å². The minimum Gasteiger partial charge on any atom is -0.363 e. The second kappa shape index (κ2) is 8.46. The molecule has 1 N–H and O–H groups in total. The molecule has 1 aliphatic rings. The maximum absolute atomic E-state index is 14.9. The normalized spacial score (nSPS) is 14.9. The van der Waals surface area contributed by atoms with Gasteiger partial charge in [-0.05, 0) is 69.7 Å². The van der Waals surface area contributed by atoms with Crippen LogP contribution in [0, 0.1) is 5.82 Å². The molecule has 1 aliphatic heterocycles. The van der Waals surface area contributed by atoms with Crippen molar-refractivity contribution in [1.29, 1.82) is 0 Å². The third-order valence-corrected chi connectivity index (χ3v) is 5.81. The lowest BCUT2D eigenvalue weighted by Crippen LogP contribution is -2.45. The summed E-state index contributed by atoms with van der Waals surface area (Å²) in [5, 5.41) is 4.04. The summed E-state index contributed by atoms with van der Waals surface area (Å²) in [6, 6.07) is 14.4. The van der Waals surface area contributed by atoms with Crippen LogP contribution >= 0.6 is 0 Å². The van der Waals surface area contributed by atoms with E-state index < -0.39 is 0 Å². The van der Waals surface area contributed by atoms with Crippen molar-refractivity contribution in [1.82, 2.24) is 9.99 Å². The van der Waals surface area contributed by atoms with Gasteiger partial charge in [0, 0.05) is 35.8 Å². The molecule has 0 aliphatic carbocycles. The first-order valence-electron chi connectivity index (χ1n) is 10.7. The second-order valence-corrected chi connectivity index (χ2v) is 8.42. The molecule has 4 rings (SSSR count). The molecule has 0 fully saturated rings. The third kappa shape index (κ3) is 3.96. The number of nitrogens with zero attached hydrogens (tertiary/aromatic N) is 3. The van der Waals surface area contributed by atoms with Gasteiger partial charge in [-0.2, -0.15) is 5.10 Å². The predicted octanol–water partition coefficient (Wildman–Crippen LogP) is 5.40. The van der Waals surface area contributed by atoms with Gasteiger partial charge < -0.3 is 9.47 Å². The summed E-state index contributed by atoms with van der Waals surface area (Å²) in [5.41, 5.74) is 6.82. The average Bonchev–Trinajstić information content (AvgIpc) is 3.29. The molecule has 0 bridgehead atoms. The SMILES string of the molecule is CCN1c2cc(F)c(/C=N\NC(=O)c3ccccc3-n3cccc3)cc2C(C)=CC1(C)C. The number of nitrogens with one attached hydrogen (secondary N) is 1. The van der Waals surface area contributed by atoms with Crippen molar-refractivity contribution in [3.05, 3.63) is 89.5 Å². The molecule has 0 saturated carbocycles. The van der Waals surface area contributed by atoms with Crippen molar-refractivity contribution in [2.24, 2.45) is 5.10 Å². The number of hydrogen-bond acceptors (Lipinski definition) is 3. The molecule has 0 unspecified atom stereocenters. The van der Waals surface area contributed by atoms with Crippen LogP contribution in [0.3, 0.4) is 0 Å². The third-order valence-electron chi connectivity index (χ3n) is 5.81. The monoisotopic (exact) mass is 430 g/mol. The topological polar surface area (TPSA) is 49.6 Å². The van der Waals surface area contributed by atoms with Crippen molar-refractivity contribution in [3.8, 4) is 5.69 Å². The van der Waals surface area contributed by atoms with E-state index in [1.807, 2.05) is 48.1 Å². The summed E-state index contributed by atoms with van der Waals surface area (Å²) >= 11 is 0. The van der Waals surface area contributed by atoms with Gasteiger partial charge in [0.05, 0.1) is 23.0 Å². The van der Waals surface area contributed by atoms with Crippen molar-refractivity contribution in [2.75, 3.05) is 11.4 Å². The highest BCUT2D eigenvalue weighted by Crippen LogP contribution is 2.39. The van der Waals surface area contributed by atoms with Crippen LogP contribution in [0.2, 0.25) is 0 Å². The Balaban J connectivity index is 1.58. The largest absolute Gasteiger partial charge is 0.363 e. The fourth-order valence-electron chi connectivity index (χ4n) is 4.40. The van der Waals surface area contributed by atoms with Gasteiger partial charge in [-0.1, -0.05) is 18.2 Å². The fourth-order valence-corrected chi connectivity index (χ4v) is 4.40. The van der Waals surface area contributed by atoms with E-state index in [0.717, 1.165) is 29.1 Å². The van der Waals surface area contributed by atoms with Crippen molar-refractivity contribution >= 4 is 23.4 Å². The quantitative estimate of drug-likeness (QED) is 0.435. The minimum atomic E-state index is -0.376. The Bertz CT molecular complexity index is 1210. The Labute approximate surface area is 187 Å². The molecule has 0 spiro atoms. The molecule has 0 saturated heterocycles. The highest BCUT2D eigenvalue weighted by atomic mass is 19.1. The fraction of sp³-hybridized carbons (Fsp3) is 0.231. The number of aromatic nitrogens is 1. The average molecular weight is 431 g/mol. The number of hydrogen-bond donors (Lipinski definition) is 1. The number of para-hydroxylation sites is 1. The van der Waals surface area contributed by atoms with E-state index in [4.69, 9.17) is 0 Å². The first-order valence-corrected chi connectivity index (χ1v) is 10.7. The first kappa shape index (κ1) is 21.6. The van der Waals surface area contributed by atoms with E-state index in [1.165, 1.54) is 6.21 Å². The number of benzene rings is 2. The van der Waals surface area contributed by atoms with E-state index in [0.29, 0.717) is 11.1 Å². The Morgan fingerprint density at radius 3 is 2.56 bits per heavy atom. The lowest BCUT2D eigenvalue weighted by molar-refractivity contribution is 0.0955. The van der Waals surface area contributed by atoms with Crippen LogP contribution in [0.1, 0.15) is 49.2 Å². The van der Waals surface area contributed by atoms with Gasteiger partial charge in [-0.25, -0.2) is 9.82 Å². The molecule has 5 nitrogen and oxygen atoms in total. The number of amides is 1. The second-order valence-electron chi connectivity index (χ2n) is 8.42. The number of carbonyl (C=O) groups excluding carboxylic acids is 1. The molecular formula is C26H27FN4O. The molecule has 1 aromatic heterocycles. The Hall–Kier alpha value is -3.67. The number of allylic oxidation sites excluding steroid dienone is 1. The van der Waals surface area contributed by atoms with Crippen molar-refractivity contribution in [2.45, 2.75) is 33.2 Å². The summed E-state index contributed by atoms with van der Waals surface area (Å²) in [7, 11) is 0. The van der Waals surface area contributed by atoms with Crippen LogP contribution in [0.25, 0.3) is 11.3 Å². The van der Waals surface area contributed by atoms with E-state index in [2.05, 4.69) is 42.3 Å². The van der Waals surface area contributed by atoms with Gasteiger partial charge in [0.1, 0.15) is 5.82 Å². The zero-order valence-corrected chi connectivity index (χ0v) is 18.8. The van der Waals surface area contributed by atoms with E-state index in [-0.39, 0.29) is 17.3 Å². The van der Waals surface area contributed by atoms with Crippen molar-refractivity contribution in [3.63, 3.8) is 0 Å². The zero-order valence-electron chi connectivity index (χ0n) is 18.8. The Morgan fingerprint density at radius 1 is 1.12 bits per heavy atom. The lowest BCUT2D eigenvalue weighted by Gasteiger charge is -2.42. The summed E-state index contributed by atoms with van der Waals surface area (Å²) in [5.74, 6) is -0.739. The van der Waals surface area contributed by atoms with Gasteiger partial charge in [0.15, 0.2) is 0 Å². The van der Waals surface area contributed by atoms with Crippen molar-refractivity contribution < 1.29 is 9.18 Å². The van der Waals surface area contributed by atoms with Gasteiger partial charge in [-0.3, -0.25) is 4.79 Å². The van der Waals surface area contributed by atoms with E-state index in [9.17, 15) is 9.18 Å². The summed E-state index contributed by atoms with van der Waals surface area (Å²) in [6.45, 7) is 9.11. The number of anilines is 1. The number of hydrazone groups is 1. The minimum absolute atomic E-state index is 0.186. The van der Waals surface area contributed by atoms with Crippen LogP contribution in [-0.2, 0) is 0 Å². The molecular weight excluding hydrogens is 403 g/mol. The first-order chi connectivity index (χ1) is 15.3. The van der Waals surface area contributed by atoms with Gasteiger partial charge in [0.25, 0.3) is 5.91 Å². The Kier molecular flexibility index (Phi) is 5.70. The summed E-state index contributed by atoms with van der Waals surface area (Å²) < 4.78 is 16.8. The highest BCUT2D eigenvalue weighted by Gasteiger charge is 2.31. The van der Waals surface area contributed by atoms with Crippen LogP contribution in [-0.4, -0.2) is 28.8 Å². The van der Waals surface area contributed by atoms with Gasteiger partial charge in [0.2, 0.25) is 0 Å². The van der Waals surface area contributed by atoms with Crippen LogP contribution in [0.5, 0.6) is 0 Å². The molecule has 0 radical (unpaired) electrons. The number of fused-ring (bicyclic) bond motifs is 1. The number of carbonyl (C=O) groups is 1. The molecule has 1 amide bonds. The predicted molar refractivity (Wildman–Crippen MR) is 128 cm³/mol. The molecule has 32 heavy (non-hydrogen) atoms. The number of halogens is 1. The van der Waals surface area contributed by atoms with Crippen LogP contribution in [0.4, 0.5) is 10.1 Å². The number of likely N-dealkylation sites (N-methyl/N-ethyl adjacent to an activating group) is 1. The highest BCUT2D eigenvalue weighted by molar-refractivity contribution is 5.98. The van der Waals surface area contributed by atoms with Crippen LogP contribution in [0.15, 0.2) is 72.1 Å². The smallest absolute Gasteiger partial charge is 0.273 e. The molecule has 164 valence electrons. The zero-order chi connectivity index (χ0) is 22.9. The Morgan fingerprint density at radius 2 is 1.84 bits per heavy atom. The molecule has 2 aromatic carbocycles. The summed E-state index contributed by atoms with van der Waals surface area (Å²) in [4.78, 5) is 14.9. The molecule has 2 heterocycles. The molecule has 6 heteroatoms. The van der Waals surface area contributed by atoms with Gasteiger partial charge in [-0.15, -0.1) is 0 Å². The van der Waals surface area contributed by atoms with E-state index >= 15 is 0 Å². The van der Waals surface area contributed by atoms with Crippen LogP contribution < -0.4 is 10.3 Å². The summed E-state index contributed by atoms with van der Waals surface area (Å²) in [6.07, 6.45) is 7.29. The number of rotatable bonds is 5.